The van der Waals surface area contributed by atoms with E-state index in [2.05, 4.69) is 15.3 Å². The zero-order valence-electron chi connectivity index (χ0n) is 15.2. The number of aromatic nitrogens is 2. The average Bonchev–Trinajstić information content (AvgIpc) is 2.69. The Morgan fingerprint density at radius 1 is 1.07 bits per heavy atom. The van der Waals surface area contributed by atoms with Gasteiger partial charge in [-0.1, -0.05) is 12.1 Å². The summed E-state index contributed by atoms with van der Waals surface area (Å²) < 4.78 is 40.0. The number of hydrogen-bond donors (Lipinski definition) is 1. The number of rotatable bonds is 5. The van der Waals surface area contributed by atoms with Crippen molar-refractivity contribution in [1.82, 2.24) is 9.97 Å². The molecular formula is C20H17F3N4O. The molecule has 3 aromatic rings. The number of aryl methyl sites for hydroxylation is 1. The third-order valence-corrected chi connectivity index (χ3v) is 4.05. The molecule has 0 bridgehead atoms. The van der Waals surface area contributed by atoms with Crippen LogP contribution >= 0.6 is 0 Å². The number of nitrogens with one attached hydrogen (secondary N) is 1. The molecule has 2 aromatic carbocycles. The second kappa shape index (κ2) is 8.08. The number of nitrogens with zero attached hydrogens (tertiary/aromatic N) is 3. The lowest BCUT2D eigenvalue weighted by Gasteiger charge is -2.21. The highest BCUT2D eigenvalue weighted by atomic mass is 19.2. The number of benzene rings is 2. The van der Waals surface area contributed by atoms with Crippen LogP contribution in [0.2, 0.25) is 0 Å². The first kappa shape index (κ1) is 19.3. The first-order valence-electron chi connectivity index (χ1n) is 8.51. The van der Waals surface area contributed by atoms with Gasteiger partial charge in [-0.2, -0.15) is 0 Å². The lowest BCUT2D eigenvalue weighted by molar-refractivity contribution is 0.102. The van der Waals surface area contributed by atoms with Gasteiger partial charge in [0.05, 0.1) is 11.3 Å². The van der Waals surface area contributed by atoms with Crippen LogP contribution in [-0.4, -0.2) is 22.4 Å². The molecule has 1 aromatic heterocycles. The molecule has 0 atom stereocenters. The molecule has 3 rings (SSSR count). The van der Waals surface area contributed by atoms with Crippen LogP contribution in [-0.2, 0) is 0 Å². The summed E-state index contributed by atoms with van der Waals surface area (Å²) in [4.78, 5) is 22.5. The molecular weight excluding hydrogens is 369 g/mol. The smallest absolute Gasteiger partial charge is 0.258 e. The van der Waals surface area contributed by atoms with E-state index in [9.17, 15) is 18.0 Å². The van der Waals surface area contributed by atoms with Crippen LogP contribution in [0.4, 0.5) is 30.5 Å². The molecule has 0 fully saturated rings. The SMILES string of the molecule is CCN(c1cccc(C)c1)c1ncc(C(=O)Nc2ccc(F)c(F)c2F)cn1. The maximum atomic E-state index is 13.7. The Hall–Kier alpha value is -3.42. The van der Waals surface area contributed by atoms with Crippen molar-refractivity contribution >= 4 is 23.2 Å². The predicted molar refractivity (Wildman–Crippen MR) is 100 cm³/mol. The topological polar surface area (TPSA) is 58.1 Å². The average molecular weight is 386 g/mol. The third-order valence-electron chi connectivity index (χ3n) is 4.05. The van der Waals surface area contributed by atoms with Gasteiger partial charge >= 0.3 is 0 Å². The first-order valence-corrected chi connectivity index (χ1v) is 8.51. The van der Waals surface area contributed by atoms with E-state index in [-0.39, 0.29) is 5.56 Å². The standard InChI is InChI=1S/C20H17F3N4O/c1-3-27(14-6-4-5-12(2)9-14)20-24-10-13(11-25-20)19(28)26-16-8-7-15(21)17(22)18(16)23/h4-11H,3H2,1-2H3,(H,26,28). The van der Waals surface area contributed by atoms with E-state index in [0.29, 0.717) is 12.5 Å². The maximum absolute atomic E-state index is 13.7. The van der Waals surface area contributed by atoms with Gasteiger partial charge in [0.1, 0.15) is 0 Å². The summed E-state index contributed by atoms with van der Waals surface area (Å²) in [6, 6.07) is 9.48. The Morgan fingerprint density at radius 2 is 1.79 bits per heavy atom. The van der Waals surface area contributed by atoms with Crippen LogP contribution in [0, 0.1) is 24.4 Å². The number of anilines is 3. The molecule has 144 valence electrons. The fraction of sp³-hybridized carbons (Fsp3) is 0.150. The zero-order valence-corrected chi connectivity index (χ0v) is 15.2. The van der Waals surface area contributed by atoms with Gasteiger partial charge in [-0.3, -0.25) is 4.79 Å². The minimum Gasteiger partial charge on any atom is -0.319 e. The Bertz CT molecular complexity index is 1010. The zero-order chi connectivity index (χ0) is 20.3. The van der Waals surface area contributed by atoms with E-state index in [0.717, 1.165) is 23.4 Å². The summed E-state index contributed by atoms with van der Waals surface area (Å²) in [6.07, 6.45) is 2.57. The highest BCUT2D eigenvalue weighted by Crippen LogP contribution is 2.23. The van der Waals surface area contributed by atoms with Crippen molar-refractivity contribution in [2.75, 3.05) is 16.8 Å². The fourth-order valence-corrected chi connectivity index (χ4v) is 2.63. The molecule has 1 N–H and O–H groups in total. The minimum atomic E-state index is -1.65. The summed E-state index contributed by atoms with van der Waals surface area (Å²) in [5.74, 6) is -4.80. The van der Waals surface area contributed by atoms with Crippen LogP contribution in [0.5, 0.6) is 0 Å². The molecule has 5 nitrogen and oxygen atoms in total. The molecule has 0 unspecified atom stereocenters. The Labute approximate surface area is 159 Å². The van der Waals surface area contributed by atoms with Crippen LogP contribution in [0.25, 0.3) is 0 Å². The van der Waals surface area contributed by atoms with E-state index in [1.165, 1.54) is 12.4 Å². The molecule has 28 heavy (non-hydrogen) atoms. The van der Waals surface area contributed by atoms with Crippen molar-refractivity contribution in [2.45, 2.75) is 13.8 Å². The summed E-state index contributed by atoms with van der Waals surface area (Å²) in [5.41, 5.74) is 1.57. The van der Waals surface area contributed by atoms with Crippen LogP contribution in [0.1, 0.15) is 22.8 Å². The van der Waals surface area contributed by atoms with Crippen molar-refractivity contribution < 1.29 is 18.0 Å². The number of halogens is 3. The van der Waals surface area contributed by atoms with E-state index >= 15 is 0 Å². The summed E-state index contributed by atoms with van der Waals surface area (Å²) in [7, 11) is 0. The fourth-order valence-electron chi connectivity index (χ4n) is 2.63. The summed E-state index contributed by atoms with van der Waals surface area (Å²) in [6.45, 7) is 4.52. The quantitative estimate of drug-likeness (QED) is 0.651. The van der Waals surface area contributed by atoms with Gasteiger partial charge < -0.3 is 10.2 Å². The number of carbonyl (C=O) groups is 1. The van der Waals surface area contributed by atoms with Gasteiger partial charge in [0.25, 0.3) is 5.91 Å². The molecule has 0 aliphatic heterocycles. The largest absolute Gasteiger partial charge is 0.319 e. The van der Waals surface area contributed by atoms with E-state index in [1.54, 1.807) is 0 Å². The highest BCUT2D eigenvalue weighted by Gasteiger charge is 2.17. The number of carbonyl (C=O) groups excluding carboxylic acids is 1. The van der Waals surface area contributed by atoms with Crippen molar-refractivity contribution in [2.24, 2.45) is 0 Å². The predicted octanol–water partition coefficient (Wildman–Crippen LogP) is 4.61. The molecule has 0 saturated heterocycles. The molecule has 0 aliphatic rings. The lowest BCUT2D eigenvalue weighted by Crippen LogP contribution is -2.20. The highest BCUT2D eigenvalue weighted by molar-refractivity contribution is 6.04. The van der Waals surface area contributed by atoms with E-state index in [4.69, 9.17) is 0 Å². The number of amides is 1. The van der Waals surface area contributed by atoms with E-state index in [1.807, 2.05) is 43.0 Å². The van der Waals surface area contributed by atoms with Gasteiger partial charge in [0.15, 0.2) is 17.5 Å². The Balaban J connectivity index is 1.80. The maximum Gasteiger partial charge on any atom is 0.258 e. The first-order chi connectivity index (χ1) is 13.4. The van der Waals surface area contributed by atoms with E-state index < -0.39 is 29.0 Å². The molecule has 0 aliphatic carbocycles. The lowest BCUT2D eigenvalue weighted by atomic mass is 10.2. The van der Waals surface area contributed by atoms with Gasteiger partial charge in [0, 0.05) is 24.6 Å². The summed E-state index contributed by atoms with van der Waals surface area (Å²) in [5, 5.41) is 2.18. The van der Waals surface area contributed by atoms with Crippen LogP contribution < -0.4 is 10.2 Å². The van der Waals surface area contributed by atoms with Gasteiger partial charge in [-0.15, -0.1) is 0 Å². The number of hydrogen-bond acceptors (Lipinski definition) is 4. The van der Waals surface area contributed by atoms with Crippen LogP contribution in [0.15, 0.2) is 48.8 Å². The normalized spacial score (nSPS) is 10.6. The molecule has 0 radical (unpaired) electrons. The van der Waals surface area contributed by atoms with Crippen molar-refractivity contribution in [3.63, 3.8) is 0 Å². The molecule has 1 amide bonds. The monoisotopic (exact) mass is 386 g/mol. The minimum absolute atomic E-state index is 0.0492. The van der Waals surface area contributed by atoms with Crippen LogP contribution in [0.3, 0.4) is 0 Å². The van der Waals surface area contributed by atoms with Gasteiger partial charge in [-0.05, 0) is 43.7 Å². The Kier molecular flexibility index (Phi) is 5.58. The Morgan fingerprint density at radius 3 is 2.43 bits per heavy atom. The second-order valence-corrected chi connectivity index (χ2v) is 6.03. The molecule has 0 saturated carbocycles. The third kappa shape index (κ3) is 3.95. The van der Waals surface area contributed by atoms with Crippen molar-refractivity contribution in [1.29, 1.82) is 0 Å². The summed E-state index contributed by atoms with van der Waals surface area (Å²) >= 11 is 0. The molecule has 1 heterocycles. The van der Waals surface area contributed by atoms with Gasteiger partial charge in [-0.25, -0.2) is 23.1 Å². The van der Waals surface area contributed by atoms with Crippen molar-refractivity contribution in [3.05, 3.63) is 77.4 Å². The van der Waals surface area contributed by atoms with Gasteiger partial charge in [0.2, 0.25) is 5.95 Å². The van der Waals surface area contributed by atoms with Crippen molar-refractivity contribution in [3.8, 4) is 0 Å². The molecule has 8 heteroatoms. The second-order valence-electron chi connectivity index (χ2n) is 6.03. The molecule has 0 spiro atoms.